The summed E-state index contributed by atoms with van der Waals surface area (Å²) >= 11 is 0. The number of ether oxygens (including phenoxy) is 2. The number of aliphatic carboxylic acids is 1. The van der Waals surface area contributed by atoms with E-state index in [4.69, 9.17) is 15.2 Å². The number of nitrogens with zero attached hydrogens (tertiary/aromatic N) is 1. The Balaban J connectivity index is 2.55. The van der Waals surface area contributed by atoms with Gasteiger partial charge in [-0.1, -0.05) is 36.4 Å². The molecule has 0 bridgehead atoms. The maximum absolute atomic E-state index is 12.5. The summed E-state index contributed by atoms with van der Waals surface area (Å²) < 4.78 is 10.3. The van der Waals surface area contributed by atoms with Gasteiger partial charge in [0.1, 0.15) is 11.4 Å². The molecule has 1 heterocycles. The van der Waals surface area contributed by atoms with Crippen LogP contribution in [0.4, 0.5) is 5.82 Å². The molecule has 0 amide bonds. The van der Waals surface area contributed by atoms with Crippen molar-refractivity contribution in [1.82, 2.24) is 4.98 Å². The molecule has 0 fully saturated rings. The predicted molar refractivity (Wildman–Crippen MR) is 110 cm³/mol. The van der Waals surface area contributed by atoms with Crippen LogP contribution in [0.2, 0.25) is 0 Å². The van der Waals surface area contributed by atoms with Crippen LogP contribution in [0.25, 0.3) is 0 Å². The summed E-state index contributed by atoms with van der Waals surface area (Å²) in [6.45, 7) is 6.82. The van der Waals surface area contributed by atoms with Crippen molar-refractivity contribution < 1.29 is 29.0 Å². The van der Waals surface area contributed by atoms with Gasteiger partial charge in [-0.3, -0.25) is 9.59 Å². The van der Waals surface area contributed by atoms with Gasteiger partial charge in [0, 0.05) is 11.5 Å². The minimum atomic E-state index is -1.54. The molecule has 0 aliphatic heterocycles. The zero-order valence-corrected chi connectivity index (χ0v) is 17.4. The normalized spacial score (nSPS) is 13.2. The number of esters is 2. The molecule has 2 rings (SSSR count). The second-order valence-corrected chi connectivity index (χ2v) is 7.63. The van der Waals surface area contributed by atoms with E-state index in [-0.39, 0.29) is 18.1 Å². The van der Waals surface area contributed by atoms with E-state index >= 15 is 0 Å². The number of carbonyl (C=O) groups is 3. The molecule has 160 valence electrons. The number of hydrogen-bond donors (Lipinski definition) is 2. The first-order valence-electron chi connectivity index (χ1n) is 9.49. The van der Waals surface area contributed by atoms with Crippen molar-refractivity contribution in [3.8, 4) is 0 Å². The Labute approximate surface area is 175 Å². The van der Waals surface area contributed by atoms with E-state index in [9.17, 15) is 19.5 Å². The number of carboxylic acid groups (broad SMARTS) is 1. The number of nitrogen functional groups attached to an aromatic ring is 1. The van der Waals surface area contributed by atoms with E-state index < -0.39 is 35.3 Å². The van der Waals surface area contributed by atoms with E-state index in [2.05, 4.69) is 4.98 Å². The predicted octanol–water partition coefficient (Wildman–Crippen LogP) is 3.01. The summed E-state index contributed by atoms with van der Waals surface area (Å²) in [5, 5.41) is 9.79. The van der Waals surface area contributed by atoms with Gasteiger partial charge < -0.3 is 20.3 Å². The highest BCUT2D eigenvalue weighted by Gasteiger charge is 2.39. The van der Waals surface area contributed by atoms with Crippen molar-refractivity contribution in [3.05, 3.63) is 59.3 Å². The third kappa shape index (κ3) is 5.56. The van der Waals surface area contributed by atoms with Gasteiger partial charge in [-0.2, -0.15) is 0 Å². The summed E-state index contributed by atoms with van der Waals surface area (Å²) in [5.41, 5.74) is 6.24. The fraction of sp³-hybridized carbons (Fsp3) is 0.364. The SMILES string of the molecule is CCOC(=O)C(C(=O)O)C(c1ccccc1)c1ccc(C(=O)OC(C)(C)C)nc1N. The molecule has 30 heavy (non-hydrogen) atoms. The largest absolute Gasteiger partial charge is 0.481 e. The lowest BCUT2D eigenvalue weighted by Gasteiger charge is -2.25. The minimum absolute atomic E-state index is 0.0130. The van der Waals surface area contributed by atoms with Crippen molar-refractivity contribution in [1.29, 1.82) is 0 Å². The zero-order valence-electron chi connectivity index (χ0n) is 17.4. The highest BCUT2D eigenvalue weighted by atomic mass is 16.6. The van der Waals surface area contributed by atoms with Gasteiger partial charge in [0.05, 0.1) is 6.61 Å². The second-order valence-electron chi connectivity index (χ2n) is 7.63. The fourth-order valence-electron chi connectivity index (χ4n) is 3.02. The van der Waals surface area contributed by atoms with Crippen molar-refractivity contribution in [2.75, 3.05) is 12.3 Å². The van der Waals surface area contributed by atoms with E-state index in [1.807, 2.05) is 0 Å². The number of carbonyl (C=O) groups excluding carboxylic acids is 2. The lowest BCUT2D eigenvalue weighted by molar-refractivity contribution is -0.159. The number of aromatic nitrogens is 1. The molecule has 2 unspecified atom stereocenters. The molecule has 3 N–H and O–H groups in total. The molecule has 0 aliphatic carbocycles. The van der Waals surface area contributed by atoms with Crippen LogP contribution in [0.15, 0.2) is 42.5 Å². The molecule has 0 saturated carbocycles. The Morgan fingerprint density at radius 2 is 1.73 bits per heavy atom. The maximum Gasteiger partial charge on any atom is 0.357 e. The molecule has 0 aliphatic rings. The Bertz CT molecular complexity index is 921. The van der Waals surface area contributed by atoms with Crippen LogP contribution in [0.3, 0.4) is 0 Å². The molecule has 2 atom stereocenters. The molecule has 1 aromatic heterocycles. The molecule has 0 radical (unpaired) electrons. The van der Waals surface area contributed by atoms with Crippen LogP contribution in [0.1, 0.15) is 55.2 Å². The van der Waals surface area contributed by atoms with Crippen molar-refractivity contribution in [2.45, 2.75) is 39.2 Å². The van der Waals surface area contributed by atoms with Gasteiger partial charge in [0.15, 0.2) is 11.6 Å². The average Bonchev–Trinajstić information content (AvgIpc) is 2.65. The van der Waals surface area contributed by atoms with E-state index in [1.54, 1.807) is 58.0 Å². The monoisotopic (exact) mass is 414 g/mol. The van der Waals surface area contributed by atoms with E-state index in [0.29, 0.717) is 11.1 Å². The molecule has 0 saturated heterocycles. The van der Waals surface area contributed by atoms with Crippen molar-refractivity contribution >= 4 is 23.7 Å². The Morgan fingerprint density at radius 1 is 1.10 bits per heavy atom. The number of benzene rings is 1. The topological polar surface area (TPSA) is 129 Å². The number of carboxylic acids is 1. The lowest BCUT2D eigenvalue weighted by atomic mass is 9.80. The first-order chi connectivity index (χ1) is 14.0. The van der Waals surface area contributed by atoms with Crippen LogP contribution in [0.5, 0.6) is 0 Å². The van der Waals surface area contributed by atoms with Crippen molar-refractivity contribution in [2.24, 2.45) is 5.92 Å². The summed E-state index contributed by atoms with van der Waals surface area (Å²) in [6.07, 6.45) is 0. The number of rotatable bonds is 7. The Morgan fingerprint density at radius 3 is 2.23 bits per heavy atom. The van der Waals surface area contributed by atoms with E-state index in [0.717, 1.165) is 0 Å². The third-order valence-electron chi connectivity index (χ3n) is 4.20. The van der Waals surface area contributed by atoms with Gasteiger partial charge in [0.2, 0.25) is 0 Å². The van der Waals surface area contributed by atoms with Crippen LogP contribution < -0.4 is 5.73 Å². The van der Waals surface area contributed by atoms with Gasteiger partial charge in [0.25, 0.3) is 0 Å². The Hall–Kier alpha value is -3.42. The molecule has 0 spiro atoms. The summed E-state index contributed by atoms with van der Waals surface area (Å²) in [6, 6.07) is 11.5. The highest BCUT2D eigenvalue weighted by molar-refractivity contribution is 5.96. The van der Waals surface area contributed by atoms with Gasteiger partial charge in [-0.25, -0.2) is 9.78 Å². The first-order valence-corrected chi connectivity index (χ1v) is 9.49. The maximum atomic E-state index is 12.5. The number of pyridine rings is 1. The van der Waals surface area contributed by atoms with Crippen molar-refractivity contribution in [3.63, 3.8) is 0 Å². The molecule has 8 nitrogen and oxygen atoms in total. The quantitative estimate of drug-likeness (QED) is 0.522. The lowest BCUT2D eigenvalue weighted by Crippen LogP contribution is -2.33. The van der Waals surface area contributed by atoms with Crippen LogP contribution >= 0.6 is 0 Å². The molecular weight excluding hydrogens is 388 g/mol. The average molecular weight is 414 g/mol. The summed E-state index contributed by atoms with van der Waals surface area (Å²) in [7, 11) is 0. The van der Waals surface area contributed by atoms with Crippen LogP contribution in [0, 0.1) is 5.92 Å². The number of anilines is 1. The third-order valence-corrected chi connectivity index (χ3v) is 4.20. The standard InChI is InChI=1S/C22H26N2O6/c1-5-29-21(28)17(19(25)26)16(13-9-7-6-8-10-13)14-11-12-15(24-18(14)23)20(27)30-22(2,3)4/h6-12,16-17H,5H2,1-4H3,(H2,23,24)(H,25,26). The minimum Gasteiger partial charge on any atom is -0.481 e. The Kier molecular flexibility index (Phi) is 7.15. The molecule has 2 aromatic rings. The first kappa shape index (κ1) is 22.9. The summed E-state index contributed by atoms with van der Waals surface area (Å²) in [4.78, 5) is 40.9. The fourth-order valence-corrected chi connectivity index (χ4v) is 3.02. The highest BCUT2D eigenvalue weighted by Crippen LogP contribution is 2.36. The molecule has 1 aromatic carbocycles. The van der Waals surface area contributed by atoms with Gasteiger partial charge in [-0.15, -0.1) is 0 Å². The van der Waals surface area contributed by atoms with Gasteiger partial charge in [-0.05, 0) is 39.3 Å². The summed E-state index contributed by atoms with van der Waals surface area (Å²) in [5.74, 6) is -5.45. The molecule has 8 heteroatoms. The van der Waals surface area contributed by atoms with Crippen LogP contribution in [-0.4, -0.2) is 40.2 Å². The van der Waals surface area contributed by atoms with E-state index in [1.165, 1.54) is 12.1 Å². The smallest absolute Gasteiger partial charge is 0.357 e. The van der Waals surface area contributed by atoms with Gasteiger partial charge >= 0.3 is 17.9 Å². The number of hydrogen-bond acceptors (Lipinski definition) is 7. The zero-order chi connectivity index (χ0) is 22.5. The second kappa shape index (κ2) is 9.39. The number of nitrogens with two attached hydrogens (primary N) is 1. The molecular formula is C22H26N2O6. The van der Waals surface area contributed by atoms with Crippen LogP contribution in [-0.2, 0) is 19.1 Å².